The molecule has 0 spiro atoms. The van der Waals surface area contributed by atoms with Crippen molar-refractivity contribution in [1.29, 1.82) is 0 Å². The Morgan fingerprint density at radius 1 is 1.03 bits per heavy atom. The first-order valence-corrected chi connectivity index (χ1v) is 13.0. The Balaban J connectivity index is 1.31. The zero-order valence-electron chi connectivity index (χ0n) is 19.6. The molecule has 0 amide bonds. The quantitative estimate of drug-likeness (QED) is 0.532. The molecule has 0 aromatic heterocycles. The molecule has 0 saturated heterocycles. The molecule has 8 unspecified atom stereocenters. The van der Waals surface area contributed by atoms with Gasteiger partial charge in [-0.15, -0.1) is 0 Å². The number of fused-ring (bicyclic) bond motifs is 5. The van der Waals surface area contributed by atoms with Crippen molar-refractivity contribution in [1.82, 2.24) is 0 Å². The van der Waals surface area contributed by atoms with Crippen molar-refractivity contribution in [3.63, 3.8) is 0 Å². The normalized spacial score (nSPS) is 40.0. The van der Waals surface area contributed by atoms with Gasteiger partial charge in [0.2, 0.25) is 0 Å². The lowest BCUT2D eigenvalue weighted by atomic mass is 9.51. The smallest absolute Gasteiger partial charge is 0.0108 e. The molecule has 3 saturated carbocycles. The van der Waals surface area contributed by atoms with Crippen molar-refractivity contribution in [3.05, 3.63) is 47.0 Å². The first-order valence-electron chi connectivity index (χ1n) is 13.0. The van der Waals surface area contributed by atoms with Gasteiger partial charge in [-0.25, -0.2) is 0 Å². The molecule has 0 bridgehead atoms. The summed E-state index contributed by atoms with van der Waals surface area (Å²) >= 11 is 0. The van der Waals surface area contributed by atoms with Gasteiger partial charge in [0.1, 0.15) is 0 Å². The van der Waals surface area contributed by atoms with E-state index in [1.54, 1.807) is 0 Å². The fourth-order valence-corrected chi connectivity index (χ4v) is 8.63. The number of hydrogen-bond acceptors (Lipinski definition) is 1. The van der Waals surface area contributed by atoms with Crippen molar-refractivity contribution in [2.45, 2.75) is 91.0 Å². The van der Waals surface area contributed by atoms with Gasteiger partial charge >= 0.3 is 0 Å². The maximum absolute atomic E-state index is 6.86. The molecule has 1 aromatic rings. The van der Waals surface area contributed by atoms with Crippen LogP contribution in [0.3, 0.4) is 0 Å². The zero-order valence-corrected chi connectivity index (χ0v) is 19.6. The largest absolute Gasteiger partial charge is 0.327 e. The Morgan fingerprint density at radius 3 is 2.63 bits per heavy atom. The SMILES string of the molecule is Cc1ccc(CC(N)C(C)C2CCC3C4CC=C5CCCCC5C4CCC23C)cc1. The number of aryl methyl sites for hydroxylation is 1. The first kappa shape index (κ1) is 20.8. The molecule has 1 heteroatoms. The summed E-state index contributed by atoms with van der Waals surface area (Å²) in [6.07, 6.45) is 16.7. The van der Waals surface area contributed by atoms with E-state index in [0.29, 0.717) is 11.3 Å². The Bertz CT molecular complexity index is 776. The van der Waals surface area contributed by atoms with Crippen molar-refractivity contribution in [3.8, 4) is 0 Å². The van der Waals surface area contributed by atoms with Crippen molar-refractivity contribution >= 4 is 0 Å². The highest BCUT2D eigenvalue weighted by molar-refractivity contribution is 5.23. The standard InChI is InChI=1S/C29H43N/c1-19-8-10-21(11-9-19)18-28(30)20(2)26-14-15-27-25-13-12-22-6-4-5-7-23(22)24(25)16-17-29(26,27)3/h8-12,20,23-28H,4-7,13-18,30H2,1-3H3. The van der Waals surface area contributed by atoms with Crippen LogP contribution in [0.1, 0.15) is 82.8 Å². The highest BCUT2D eigenvalue weighted by atomic mass is 14.7. The molecular weight excluding hydrogens is 362 g/mol. The van der Waals surface area contributed by atoms with E-state index in [1.165, 1.54) is 68.9 Å². The number of hydrogen-bond donors (Lipinski definition) is 1. The topological polar surface area (TPSA) is 26.0 Å². The van der Waals surface area contributed by atoms with Crippen LogP contribution in [0.2, 0.25) is 0 Å². The van der Waals surface area contributed by atoms with Gasteiger partial charge in [-0.05, 0) is 111 Å². The third kappa shape index (κ3) is 3.50. The average molecular weight is 406 g/mol. The second kappa shape index (κ2) is 8.12. The predicted molar refractivity (Wildman–Crippen MR) is 127 cm³/mol. The van der Waals surface area contributed by atoms with Crippen molar-refractivity contribution in [2.75, 3.05) is 0 Å². The molecule has 5 rings (SSSR count). The second-order valence-electron chi connectivity index (χ2n) is 11.7. The lowest BCUT2D eigenvalue weighted by Gasteiger charge is -2.54. The van der Waals surface area contributed by atoms with Gasteiger partial charge in [0.25, 0.3) is 0 Å². The minimum Gasteiger partial charge on any atom is -0.327 e. The summed E-state index contributed by atoms with van der Waals surface area (Å²) in [5.41, 5.74) is 12.0. The molecule has 0 aliphatic heterocycles. The van der Waals surface area contributed by atoms with Crippen LogP contribution >= 0.6 is 0 Å². The molecule has 1 aromatic carbocycles. The van der Waals surface area contributed by atoms with Crippen LogP contribution in [-0.2, 0) is 6.42 Å². The average Bonchev–Trinajstić information content (AvgIpc) is 3.11. The van der Waals surface area contributed by atoms with E-state index < -0.39 is 0 Å². The van der Waals surface area contributed by atoms with Gasteiger partial charge in [-0.2, -0.15) is 0 Å². The predicted octanol–water partition coefficient (Wildman–Crippen LogP) is 7.08. The van der Waals surface area contributed by atoms with Gasteiger partial charge in [0.15, 0.2) is 0 Å². The number of benzene rings is 1. The molecule has 1 nitrogen and oxygen atoms in total. The van der Waals surface area contributed by atoms with Crippen LogP contribution in [0.4, 0.5) is 0 Å². The first-order chi connectivity index (χ1) is 14.5. The Morgan fingerprint density at radius 2 is 1.83 bits per heavy atom. The minimum atomic E-state index is 0.280. The zero-order chi connectivity index (χ0) is 20.9. The maximum atomic E-state index is 6.86. The summed E-state index contributed by atoms with van der Waals surface area (Å²) in [6.45, 7) is 7.31. The molecule has 0 heterocycles. The van der Waals surface area contributed by atoms with E-state index in [1.807, 2.05) is 5.57 Å². The molecule has 3 fully saturated rings. The lowest BCUT2D eigenvalue weighted by Crippen LogP contribution is -2.48. The molecule has 4 aliphatic carbocycles. The highest BCUT2D eigenvalue weighted by Crippen LogP contribution is 2.64. The highest BCUT2D eigenvalue weighted by Gasteiger charge is 2.56. The molecule has 30 heavy (non-hydrogen) atoms. The van der Waals surface area contributed by atoms with Crippen LogP contribution in [0.15, 0.2) is 35.9 Å². The summed E-state index contributed by atoms with van der Waals surface area (Å²) in [6, 6.07) is 9.31. The fraction of sp³-hybridized carbons (Fsp3) is 0.724. The van der Waals surface area contributed by atoms with E-state index in [-0.39, 0.29) is 6.04 Å². The Kier molecular flexibility index (Phi) is 5.63. The molecule has 8 atom stereocenters. The number of rotatable bonds is 4. The summed E-state index contributed by atoms with van der Waals surface area (Å²) < 4.78 is 0. The summed E-state index contributed by atoms with van der Waals surface area (Å²) in [7, 11) is 0. The molecule has 4 aliphatic rings. The van der Waals surface area contributed by atoms with Crippen molar-refractivity contribution in [2.24, 2.45) is 46.7 Å². The van der Waals surface area contributed by atoms with Crippen LogP contribution in [0, 0.1) is 47.8 Å². The molecule has 0 radical (unpaired) electrons. The third-order valence-corrected chi connectivity index (χ3v) is 10.3. The van der Waals surface area contributed by atoms with Crippen LogP contribution < -0.4 is 5.73 Å². The monoisotopic (exact) mass is 405 g/mol. The van der Waals surface area contributed by atoms with Crippen LogP contribution in [-0.4, -0.2) is 6.04 Å². The fourth-order valence-electron chi connectivity index (χ4n) is 8.63. The van der Waals surface area contributed by atoms with Gasteiger partial charge in [-0.1, -0.05) is 61.7 Å². The van der Waals surface area contributed by atoms with Gasteiger partial charge in [0.05, 0.1) is 0 Å². The Labute approximate surface area is 184 Å². The summed E-state index contributed by atoms with van der Waals surface area (Å²) in [5.74, 6) is 5.26. The summed E-state index contributed by atoms with van der Waals surface area (Å²) in [5, 5.41) is 0. The van der Waals surface area contributed by atoms with Crippen LogP contribution in [0.25, 0.3) is 0 Å². The summed E-state index contributed by atoms with van der Waals surface area (Å²) in [4.78, 5) is 0. The second-order valence-corrected chi connectivity index (χ2v) is 11.7. The van der Waals surface area contributed by atoms with Gasteiger partial charge in [0, 0.05) is 6.04 Å². The maximum Gasteiger partial charge on any atom is 0.0108 e. The van der Waals surface area contributed by atoms with E-state index >= 15 is 0 Å². The lowest BCUT2D eigenvalue weighted by molar-refractivity contribution is -0.0262. The number of allylic oxidation sites excluding steroid dienone is 2. The third-order valence-electron chi connectivity index (χ3n) is 10.3. The molecule has 164 valence electrons. The van der Waals surface area contributed by atoms with Gasteiger partial charge in [-0.3, -0.25) is 0 Å². The van der Waals surface area contributed by atoms with E-state index in [0.717, 1.165) is 36.0 Å². The molecular formula is C29H43N. The van der Waals surface area contributed by atoms with Gasteiger partial charge < -0.3 is 5.73 Å². The van der Waals surface area contributed by atoms with Crippen LogP contribution in [0.5, 0.6) is 0 Å². The number of nitrogens with two attached hydrogens (primary N) is 1. The minimum absolute atomic E-state index is 0.280. The Hall–Kier alpha value is -1.08. The van der Waals surface area contributed by atoms with E-state index in [2.05, 4.69) is 51.1 Å². The van der Waals surface area contributed by atoms with Crippen molar-refractivity contribution < 1.29 is 0 Å². The molecule has 2 N–H and O–H groups in total. The van der Waals surface area contributed by atoms with E-state index in [9.17, 15) is 0 Å². The van der Waals surface area contributed by atoms with E-state index in [4.69, 9.17) is 5.73 Å².